The minimum Gasteiger partial charge on any atom is -0.372 e. The molecule has 0 unspecified atom stereocenters. The first-order valence-electron chi connectivity index (χ1n) is 5.41. The van der Waals surface area contributed by atoms with E-state index in [9.17, 15) is 13.2 Å². The fourth-order valence-electron chi connectivity index (χ4n) is 1.07. The molecule has 0 aliphatic rings. The standard InChI is InChI=1S/C10H16F3N3O2/c1-9(2,14-3)8-15-7(16-18-8)4-5-17-6-10(11,12)13/h14H,4-6H2,1-3H3. The third kappa shape index (κ3) is 4.61. The molecule has 0 saturated heterocycles. The third-order valence-corrected chi connectivity index (χ3v) is 2.36. The lowest BCUT2D eigenvalue weighted by Gasteiger charge is -2.17. The Labute approximate surface area is 103 Å². The number of ether oxygens (including phenoxy) is 1. The van der Waals surface area contributed by atoms with Crippen molar-refractivity contribution < 1.29 is 22.4 Å². The second-order valence-electron chi connectivity index (χ2n) is 4.31. The van der Waals surface area contributed by atoms with Gasteiger partial charge in [-0.05, 0) is 20.9 Å². The lowest BCUT2D eigenvalue weighted by Crippen LogP contribution is -2.33. The highest BCUT2D eigenvalue weighted by molar-refractivity contribution is 4.98. The van der Waals surface area contributed by atoms with Crippen LogP contribution in [0.3, 0.4) is 0 Å². The second-order valence-corrected chi connectivity index (χ2v) is 4.31. The number of halogens is 3. The van der Waals surface area contributed by atoms with Crippen LogP contribution in [0.25, 0.3) is 0 Å². The van der Waals surface area contributed by atoms with Gasteiger partial charge in [-0.25, -0.2) is 0 Å². The van der Waals surface area contributed by atoms with Gasteiger partial charge in [0.05, 0.1) is 12.1 Å². The van der Waals surface area contributed by atoms with Gasteiger partial charge in [-0.2, -0.15) is 18.2 Å². The zero-order valence-corrected chi connectivity index (χ0v) is 10.5. The molecule has 1 aromatic rings. The van der Waals surface area contributed by atoms with Crippen molar-refractivity contribution in [3.63, 3.8) is 0 Å². The van der Waals surface area contributed by atoms with Gasteiger partial charge in [0.1, 0.15) is 6.61 Å². The summed E-state index contributed by atoms with van der Waals surface area (Å²) in [6.07, 6.45) is -4.13. The second kappa shape index (κ2) is 5.66. The van der Waals surface area contributed by atoms with Gasteiger partial charge < -0.3 is 14.6 Å². The van der Waals surface area contributed by atoms with Crippen LogP contribution in [0.4, 0.5) is 13.2 Å². The average molecular weight is 267 g/mol. The van der Waals surface area contributed by atoms with Crippen molar-refractivity contribution >= 4 is 0 Å². The number of nitrogens with zero attached hydrogens (tertiary/aromatic N) is 2. The molecular weight excluding hydrogens is 251 g/mol. The van der Waals surface area contributed by atoms with Gasteiger partial charge in [0.2, 0.25) is 5.89 Å². The lowest BCUT2D eigenvalue weighted by molar-refractivity contribution is -0.173. The molecule has 0 amide bonds. The maximum absolute atomic E-state index is 11.8. The molecule has 0 aliphatic carbocycles. The van der Waals surface area contributed by atoms with Gasteiger partial charge in [-0.3, -0.25) is 0 Å². The molecule has 104 valence electrons. The molecule has 0 fully saturated rings. The molecule has 0 radical (unpaired) electrons. The number of rotatable bonds is 6. The van der Waals surface area contributed by atoms with E-state index in [4.69, 9.17) is 4.52 Å². The summed E-state index contributed by atoms with van der Waals surface area (Å²) < 4.78 is 44.9. The fraction of sp³-hybridized carbons (Fsp3) is 0.800. The maximum atomic E-state index is 11.8. The highest BCUT2D eigenvalue weighted by atomic mass is 19.4. The molecule has 8 heteroatoms. The van der Waals surface area contributed by atoms with Crippen molar-refractivity contribution in [3.8, 4) is 0 Å². The molecule has 0 saturated carbocycles. The SMILES string of the molecule is CNC(C)(C)c1nc(CCOCC(F)(F)F)no1. The molecule has 0 spiro atoms. The Balaban J connectivity index is 2.41. The van der Waals surface area contributed by atoms with Crippen LogP contribution in [0.1, 0.15) is 25.6 Å². The Morgan fingerprint density at radius 3 is 2.56 bits per heavy atom. The highest BCUT2D eigenvalue weighted by Crippen LogP contribution is 2.17. The Hall–Kier alpha value is -1.15. The van der Waals surface area contributed by atoms with E-state index < -0.39 is 18.3 Å². The predicted molar refractivity (Wildman–Crippen MR) is 57.0 cm³/mol. The lowest BCUT2D eigenvalue weighted by atomic mass is 10.1. The molecule has 1 N–H and O–H groups in total. The van der Waals surface area contributed by atoms with Crippen LogP contribution in [-0.2, 0) is 16.7 Å². The van der Waals surface area contributed by atoms with Crippen LogP contribution < -0.4 is 5.32 Å². The average Bonchev–Trinajstić information content (AvgIpc) is 2.72. The Morgan fingerprint density at radius 1 is 1.33 bits per heavy atom. The molecule has 1 aromatic heterocycles. The molecule has 0 aliphatic heterocycles. The van der Waals surface area contributed by atoms with E-state index >= 15 is 0 Å². The van der Waals surface area contributed by atoms with Crippen LogP contribution in [0.5, 0.6) is 0 Å². The highest BCUT2D eigenvalue weighted by Gasteiger charge is 2.28. The summed E-state index contributed by atoms with van der Waals surface area (Å²) >= 11 is 0. The van der Waals surface area contributed by atoms with Crippen LogP contribution in [0.2, 0.25) is 0 Å². The molecule has 0 atom stereocenters. The van der Waals surface area contributed by atoms with E-state index in [-0.39, 0.29) is 13.0 Å². The Kier molecular flexibility index (Phi) is 4.69. The van der Waals surface area contributed by atoms with E-state index in [1.165, 1.54) is 0 Å². The largest absolute Gasteiger partial charge is 0.411 e. The van der Waals surface area contributed by atoms with Gasteiger partial charge in [-0.15, -0.1) is 0 Å². The Bertz CT molecular complexity index is 377. The van der Waals surface area contributed by atoms with Crippen molar-refractivity contribution in [1.29, 1.82) is 0 Å². The van der Waals surface area contributed by atoms with Gasteiger partial charge >= 0.3 is 6.18 Å². The van der Waals surface area contributed by atoms with Crippen LogP contribution >= 0.6 is 0 Å². The summed E-state index contributed by atoms with van der Waals surface area (Å²) in [4.78, 5) is 4.09. The monoisotopic (exact) mass is 267 g/mol. The van der Waals surface area contributed by atoms with Gasteiger partial charge in [0.15, 0.2) is 5.82 Å². The van der Waals surface area contributed by atoms with E-state index in [0.717, 1.165) is 0 Å². The van der Waals surface area contributed by atoms with E-state index in [2.05, 4.69) is 20.2 Å². The summed E-state index contributed by atoms with van der Waals surface area (Å²) in [7, 11) is 1.75. The topological polar surface area (TPSA) is 60.2 Å². The van der Waals surface area contributed by atoms with E-state index in [1.807, 2.05) is 13.8 Å². The first-order chi connectivity index (χ1) is 8.24. The number of aromatic nitrogens is 2. The zero-order valence-electron chi connectivity index (χ0n) is 10.5. The fourth-order valence-corrected chi connectivity index (χ4v) is 1.07. The minimum absolute atomic E-state index is 0.0987. The summed E-state index contributed by atoms with van der Waals surface area (Å²) in [6.45, 7) is 2.34. The first kappa shape index (κ1) is 14.9. The number of hydrogen-bond donors (Lipinski definition) is 1. The van der Waals surface area contributed by atoms with Crippen LogP contribution in [0, 0.1) is 0 Å². The molecule has 1 rings (SSSR count). The molecule has 18 heavy (non-hydrogen) atoms. The maximum Gasteiger partial charge on any atom is 0.411 e. The molecule has 5 nitrogen and oxygen atoms in total. The number of hydrogen-bond acceptors (Lipinski definition) is 5. The summed E-state index contributed by atoms with van der Waals surface area (Å²) in [6, 6.07) is 0. The predicted octanol–water partition coefficient (Wildman–Crippen LogP) is 1.65. The van der Waals surface area contributed by atoms with Gasteiger partial charge in [0.25, 0.3) is 0 Å². The van der Waals surface area contributed by atoms with Crippen LogP contribution in [-0.4, -0.2) is 36.6 Å². The molecule has 1 heterocycles. The van der Waals surface area contributed by atoms with Gasteiger partial charge in [-0.1, -0.05) is 5.16 Å². The van der Waals surface area contributed by atoms with Crippen molar-refractivity contribution in [3.05, 3.63) is 11.7 Å². The first-order valence-corrected chi connectivity index (χ1v) is 5.41. The smallest absolute Gasteiger partial charge is 0.372 e. The number of nitrogens with one attached hydrogen (secondary N) is 1. The molecular formula is C10H16F3N3O2. The third-order valence-electron chi connectivity index (χ3n) is 2.36. The van der Waals surface area contributed by atoms with Gasteiger partial charge in [0, 0.05) is 6.42 Å². The van der Waals surface area contributed by atoms with Crippen LogP contribution in [0.15, 0.2) is 4.52 Å². The minimum atomic E-state index is -4.31. The number of alkyl halides is 3. The Morgan fingerprint density at radius 2 is 2.00 bits per heavy atom. The quantitative estimate of drug-likeness (QED) is 0.794. The molecule has 0 bridgehead atoms. The zero-order chi connectivity index (χ0) is 13.8. The van der Waals surface area contributed by atoms with E-state index in [1.54, 1.807) is 7.05 Å². The summed E-state index contributed by atoms with van der Waals surface area (Å²) in [5.74, 6) is 0.714. The van der Waals surface area contributed by atoms with E-state index in [0.29, 0.717) is 11.7 Å². The van der Waals surface area contributed by atoms with Crippen molar-refractivity contribution in [2.24, 2.45) is 0 Å². The normalized spacial score (nSPS) is 13.0. The van der Waals surface area contributed by atoms with Crippen molar-refractivity contribution in [2.45, 2.75) is 32.0 Å². The summed E-state index contributed by atoms with van der Waals surface area (Å²) in [5.41, 5.74) is -0.474. The summed E-state index contributed by atoms with van der Waals surface area (Å²) in [5, 5.41) is 6.66. The van der Waals surface area contributed by atoms with Crippen molar-refractivity contribution in [1.82, 2.24) is 15.5 Å². The van der Waals surface area contributed by atoms with Crippen molar-refractivity contribution in [2.75, 3.05) is 20.3 Å². The molecule has 0 aromatic carbocycles.